The average Bonchev–Trinajstić information content (AvgIpc) is 3.08. The van der Waals surface area contributed by atoms with Gasteiger partial charge >= 0.3 is 0 Å². The third-order valence-electron chi connectivity index (χ3n) is 4.20. The zero-order valence-electron chi connectivity index (χ0n) is 13.3. The Labute approximate surface area is 138 Å². The molecule has 24 heavy (non-hydrogen) atoms. The second-order valence-corrected chi connectivity index (χ2v) is 5.71. The van der Waals surface area contributed by atoms with E-state index < -0.39 is 0 Å². The summed E-state index contributed by atoms with van der Waals surface area (Å²) in [4.78, 5) is 28.2. The van der Waals surface area contributed by atoms with Crippen LogP contribution in [-0.2, 0) is 0 Å². The summed E-state index contributed by atoms with van der Waals surface area (Å²) in [5.41, 5.74) is 2.22. The predicted molar refractivity (Wildman–Crippen MR) is 95.9 cm³/mol. The molecule has 0 bridgehead atoms. The maximum absolute atomic E-state index is 12.6. The Balaban J connectivity index is 1.78. The van der Waals surface area contributed by atoms with Gasteiger partial charge < -0.3 is 14.8 Å². The molecule has 0 saturated heterocycles. The van der Waals surface area contributed by atoms with Crippen LogP contribution >= 0.6 is 0 Å². The van der Waals surface area contributed by atoms with Gasteiger partial charge in [0, 0.05) is 11.1 Å². The standard InChI is InChI=1S/C16H15BN6O/c1-9(22-15-13-14(19-7-18-13)20-8-21-15)12-6-10-4-2-3-5-11(10)16(24)23(12)17/h2-9H,17H2,1H3,(H2,18,19,20,21,22)/t9-/m0/s1. The molecule has 0 saturated carbocycles. The predicted octanol–water partition coefficient (Wildman–Crippen LogP) is 1.24. The van der Waals surface area contributed by atoms with Crippen molar-refractivity contribution < 1.29 is 0 Å². The minimum atomic E-state index is -0.123. The lowest BCUT2D eigenvalue weighted by Gasteiger charge is -2.19. The monoisotopic (exact) mass is 318 g/mol. The van der Waals surface area contributed by atoms with Crippen LogP contribution in [0.3, 0.4) is 0 Å². The molecule has 0 aliphatic carbocycles. The number of rotatable bonds is 3. The quantitative estimate of drug-likeness (QED) is 0.555. The molecule has 3 heterocycles. The summed E-state index contributed by atoms with van der Waals surface area (Å²) in [5.74, 6) is 0.634. The van der Waals surface area contributed by atoms with E-state index >= 15 is 0 Å². The SMILES string of the molecule is Bn1c([C@H](C)Nc2ncnc3[nH]cnc23)cc2ccccc2c1=O. The highest BCUT2D eigenvalue weighted by Gasteiger charge is 2.14. The number of pyridine rings is 1. The minimum absolute atomic E-state index is 0.00986. The van der Waals surface area contributed by atoms with Crippen LogP contribution in [0, 0.1) is 0 Å². The molecule has 3 aromatic heterocycles. The zero-order chi connectivity index (χ0) is 16.7. The van der Waals surface area contributed by atoms with Crippen LogP contribution in [0.15, 0.2) is 47.8 Å². The van der Waals surface area contributed by atoms with Crippen molar-refractivity contribution in [1.82, 2.24) is 24.4 Å². The first-order valence-electron chi connectivity index (χ1n) is 7.64. The van der Waals surface area contributed by atoms with Crippen molar-refractivity contribution in [3.8, 4) is 0 Å². The molecule has 4 aromatic rings. The highest BCUT2D eigenvalue weighted by atomic mass is 16.1. The van der Waals surface area contributed by atoms with E-state index in [1.165, 1.54) is 6.33 Å². The molecule has 0 fully saturated rings. The number of aromatic amines is 1. The first kappa shape index (κ1) is 14.4. The molecule has 0 aliphatic heterocycles. The van der Waals surface area contributed by atoms with Gasteiger partial charge in [-0.05, 0) is 24.4 Å². The van der Waals surface area contributed by atoms with Gasteiger partial charge in [0.25, 0.3) is 0 Å². The van der Waals surface area contributed by atoms with E-state index in [9.17, 15) is 4.79 Å². The van der Waals surface area contributed by atoms with Crippen molar-refractivity contribution in [1.29, 1.82) is 0 Å². The highest BCUT2D eigenvalue weighted by Crippen LogP contribution is 2.22. The molecule has 7 nitrogen and oxygen atoms in total. The van der Waals surface area contributed by atoms with Gasteiger partial charge in [-0.25, -0.2) is 15.0 Å². The molecule has 0 aliphatic rings. The van der Waals surface area contributed by atoms with E-state index in [1.54, 1.807) is 18.8 Å². The smallest absolute Gasteiger partial charge is 0.246 e. The lowest BCUT2D eigenvalue weighted by Crippen LogP contribution is -2.25. The Morgan fingerprint density at radius 3 is 2.96 bits per heavy atom. The van der Waals surface area contributed by atoms with Crippen molar-refractivity contribution in [2.45, 2.75) is 13.0 Å². The number of hydrogen-bond donors (Lipinski definition) is 2. The van der Waals surface area contributed by atoms with Gasteiger partial charge in [-0.15, -0.1) is 0 Å². The van der Waals surface area contributed by atoms with E-state index in [0.717, 1.165) is 11.1 Å². The lowest BCUT2D eigenvalue weighted by atomic mass is 10.1. The molecule has 118 valence electrons. The maximum atomic E-state index is 12.6. The molecule has 0 unspecified atom stereocenters. The molecule has 0 spiro atoms. The van der Waals surface area contributed by atoms with Crippen LogP contribution in [0.2, 0.25) is 0 Å². The van der Waals surface area contributed by atoms with Crippen LogP contribution in [-0.4, -0.2) is 32.4 Å². The summed E-state index contributed by atoms with van der Waals surface area (Å²) in [7, 11) is 1.78. The fourth-order valence-electron chi connectivity index (χ4n) is 2.94. The largest absolute Gasteiger partial charge is 0.363 e. The summed E-state index contributed by atoms with van der Waals surface area (Å²) >= 11 is 0. The van der Waals surface area contributed by atoms with Crippen LogP contribution in [0.25, 0.3) is 21.9 Å². The molecular weight excluding hydrogens is 303 g/mol. The van der Waals surface area contributed by atoms with Crippen molar-refractivity contribution in [2.75, 3.05) is 5.32 Å². The number of benzene rings is 1. The molecule has 0 amide bonds. The third-order valence-corrected chi connectivity index (χ3v) is 4.20. The maximum Gasteiger partial charge on any atom is 0.246 e. The van der Waals surface area contributed by atoms with Gasteiger partial charge in [0.2, 0.25) is 13.5 Å². The summed E-state index contributed by atoms with van der Waals surface area (Å²) in [6, 6.07) is 9.50. The molecule has 1 atom stereocenters. The van der Waals surface area contributed by atoms with E-state index in [1.807, 2.05) is 37.3 Å². The van der Waals surface area contributed by atoms with Crippen molar-refractivity contribution in [3.05, 3.63) is 59.0 Å². The number of anilines is 1. The number of fused-ring (bicyclic) bond motifs is 2. The normalized spacial score (nSPS) is 12.5. The number of hydrogen-bond acceptors (Lipinski definition) is 5. The van der Waals surface area contributed by atoms with Gasteiger partial charge in [0.05, 0.1) is 12.4 Å². The summed E-state index contributed by atoms with van der Waals surface area (Å²) in [6.45, 7) is 1.99. The van der Waals surface area contributed by atoms with Gasteiger partial charge in [0.15, 0.2) is 11.5 Å². The van der Waals surface area contributed by atoms with Crippen molar-refractivity contribution in [3.63, 3.8) is 0 Å². The number of H-pyrrole nitrogens is 1. The fourth-order valence-corrected chi connectivity index (χ4v) is 2.94. The molecule has 4 rings (SSSR count). The first-order valence-corrected chi connectivity index (χ1v) is 7.64. The Hall–Kier alpha value is -3.16. The lowest BCUT2D eigenvalue weighted by molar-refractivity contribution is 0.807. The summed E-state index contributed by atoms with van der Waals surface area (Å²) in [5, 5.41) is 4.97. The molecule has 1 aromatic carbocycles. The number of nitrogens with zero attached hydrogens (tertiary/aromatic N) is 4. The Kier molecular flexibility index (Phi) is 3.30. The Morgan fingerprint density at radius 1 is 1.25 bits per heavy atom. The zero-order valence-corrected chi connectivity index (χ0v) is 13.3. The summed E-state index contributed by atoms with van der Waals surface area (Å²) < 4.78 is 1.67. The van der Waals surface area contributed by atoms with Crippen molar-refractivity contribution in [2.24, 2.45) is 0 Å². The van der Waals surface area contributed by atoms with Gasteiger partial charge in [-0.1, -0.05) is 18.2 Å². The van der Waals surface area contributed by atoms with E-state index in [2.05, 4.69) is 25.3 Å². The second kappa shape index (κ2) is 5.49. The van der Waals surface area contributed by atoms with E-state index in [4.69, 9.17) is 0 Å². The average molecular weight is 318 g/mol. The number of aromatic nitrogens is 5. The Morgan fingerprint density at radius 2 is 2.08 bits per heavy atom. The van der Waals surface area contributed by atoms with Gasteiger partial charge in [-0.3, -0.25) is 4.79 Å². The van der Waals surface area contributed by atoms with Crippen LogP contribution in [0.4, 0.5) is 5.82 Å². The highest BCUT2D eigenvalue weighted by molar-refractivity contribution is 6.08. The van der Waals surface area contributed by atoms with E-state index in [0.29, 0.717) is 22.4 Å². The molecule has 0 radical (unpaired) electrons. The Bertz CT molecular complexity index is 1100. The number of imidazole rings is 1. The molecule has 8 heteroatoms. The topological polar surface area (TPSA) is 88.5 Å². The third kappa shape index (κ3) is 2.23. The van der Waals surface area contributed by atoms with Crippen LogP contribution in [0.5, 0.6) is 0 Å². The second-order valence-electron chi connectivity index (χ2n) is 5.71. The summed E-state index contributed by atoms with van der Waals surface area (Å²) in [6.07, 6.45) is 3.07. The van der Waals surface area contributed by atoms with Crippen LogP contribution in [0.1, 0.15) is 18.7 Å². The number of nitrogens with one attached hydrogen (secondary N) is 2. The van der Waals surface area contributed by atoms with Gasteiger partial charge in [-0.2, -0.15) is 0 Å². The van der Waals surface area contributed by atoms with Crippen LogP contribution < -0.4 is 10.9 Å². The fraction of sp³-hybridized carbons (Fsp3) is 0.125. The minimum Gasteiger partial charge on any atom is -0.363 e. The van der Waals surface area contributed by atoms with E-state index in [-0.39, 0.29) is 11.6 Å². The van der Waals surface area contributed by atoms with Crippen molar-refractivity contribution >= 4 is 35.7 Å². The molecular formula is C16H15BN6O. The van der Waals surface area contributed by atoms with Gasteiger partial charge in [0.1, 0.15) is 11.8 Å². The first-order chi connectivity index (χ1) is 11.6. The molecule has 2 N–H and O–H groups in total.